The van der Waals surface area contributed by atoms with E-state index in [-0.39, 0.29) is 18.1 Å². The van der Waals surface area contributed by atoms with Crippen molar-refractivity contribution >= 4 is 11.9 Å². The van der Waals surface area contributed by atoms with Gasteiger partial charge in [-0.15, -0.1) is 5.10 Å². The predicted octanol–water partition coefficient (Wildman–Crippen LogP) is -0.529. The monoisotopic (exact) mass is 256 g/mol. The first-order chi connectivity index (χ1) is 8.54. The van der Waals surface area contributed by atoms with Crippen molar-refractivity contribution in [3.63, 3.8) is 0 Å². The highest BCUT2D eigenvalue weighted by molar-refractivity contribution is 5.84. The van der Waals surface area contributed by atoms with Crippen LogP contribution < -0.4 is 0 Å². The Morgan fingerprint density at radius 3 is 2.83 bits per heavy atom. The third-order valence-corrected chi connectivity index (χ3v) is 2.26. The zero-order valence-corrected chi connectivity index (χ0v) is 10.4. The van der Waals surface area contributed by atoms with Crippen LogP contribution in [0.25, 0.3) is 0 Å². The van der Waals surface area contributed by atoms with Gasteiger partial charge in [-0.2, -0.15) is 0 Å². The fraction of sp³-hybridized carbons (Fsp3) is 0.600. The SMILES string of the molecule is CCOCCN(C)C(=O)Cn1cc(C(=O)O)nn1. The van der Waals surface area contributed by atoms with E-state index in [1.807, 2.05) is 6.92 Å². The molecule has 100 valence electrons. The average molecular weight is 256 g/mol. The molecule has 0 saturated carbocycles. The second-order valence-corrected chi connectivity index (χ2v) is 3.62. The van der Waals surface area contributed by atoms with E-state index in [2.05, 4.69) is 10.3 Å². The fourth-order valence-corrected chi connectivity index (χ4v) is 1.20. The van der Waals surface area contributed by atoms with Crippen molar-refractivity contribution in [2.45, 2.75) is 13.5 Å². The molecule has 0 aliphatic carbocycles. The van der Waals surface area contributed by atoms with Crippen molar-refractivity contribution in [1.29, 1.82) is 0 Å². The van der Waals surface area contributed by atoms with Crippen LogP contribution in [-0.4, -0.2) is 63.7 Å². The highest BCUT2D eigenvalue weighted by Crippen LogP contribution is 1.95. The number of ether oxygens (including phenoxy) is 1. The van der Waals surface area contributed by atoms with Crippen LogP contribution in [0.4, 0.5) is 0 Å². The molecule has 0 unspecified atom stereocenters. The van der Waals surface area contributed by atoms with Gasteiger partial charge in [0, 0.05) is 20.2 Å². The zero-order valence-electron chi connectivity index (χ0n) is 10.4. The Labute approximate surface area is 104 Å². The van der Waals surface area contributed by atoms with Crippen molar-refractivity contribution in [3.8, 4) is 0 Å². The molecule has 0 atom stereocenters. The summed E-state index contributed by atoms with van der Waals surface area (Å²) in [5.74, 6) is -1.35. The Balaban J connectivity index is 2.45. The average Bonchev–Trinajstić information content (AvgIpc) is 2.77. The predicted molar refractivity (Wildman–Crippen MR) is 61.1 cm³/mol. The number of nitrogens with zero attached hydrogens (tertiary/aromatic N) is 4. The smallest absolute Gasteiger partial charge is 0.358 e. The van der Waals surface area contributed by atoms with Gasteiger partial charge in [-0.1, -0.05) is 5.21 Å². The first kappa shape index (κ1) is 14.1. The van der Waals surface area contributed by atoms with Crippen LogP contribution in [0.5, 0.6) is 0 Å². The van der Waals surface area contributed by atoms with E-state index in [0.717, 1.165) is 0 Å². The normalized spacial score (nSPS) is 10.3. The molecule has 1 aromatic rings. The van der Waals surface area contributed by atoms with Gasteiger partial charge in [-0.3, -0.25) is 4.79 Å². The Kier molecular flexibility index (Phi) is 5.25. The molecule has 0 bridgehead atoms. The minimum atomic E-state index is -1.17. The number of aromatic nitrogens is 3. The Bertz CT molecular complexity index is 418. The second-order valence-electron chi connectivity index (χ2n) is 3.62. The molecule has 8 nitrogen and oxygen atoms in total. The highest BCUT2D eigenvalue weighted by Gasteiger charge is 2.13. The number of hydrogen-bond acceptors (Lipinski definition) is 5. The number of likely N-dealkylation sites (N-methyl/N-ethyl adjacent to an activating group) is 1. The van der Waals surface area contributed by atoms with Crippen LogP contribution in [0.15, 0.2) is 6.20 Å². The maximum Gasteiger partial charge on any atom is 0.358 e. The summed E-state index contributed by atoms with van der Waals surface area (Å²) in [7, 11) is 1.65. The Morgan fingerprint density at radius 1 is 1.56 bits per heavy atom. The Morgan fingerprint density at radius 2 is 2.28 bits per heavy atom. The summed E-state index contributed by atoms with van der Waals surface area (Å²) in [6.07, 6.45) is 1.22. The van der Waals surface area contributed by atoms with Crippen molar-refractivity contribution in [3.05, 3.63) is 11.9 Å². The fourth-order valence-electron chi connectivity index (χ4n) is 1.20. The molecule has 0 aromatic carbocycles. The molecule has 1 aromatic heterocycles. The lowest BCUT2D eigenvalue weighted by molar-refractivity contribution is -0.131. The summed E-state index contributed by atoms with van der Waals surface area (Å²) < 4.78 is 6.33. The highest BCUT2D eigenvalue weighted by atomic mass is 16.5. The van der Waals surface area contributed by atoms with E-state index < -0.39 is 5.97 Å². The van der Waals surface area contributed by atoms with E-state index in [9.17, 15) is 9.59 Å². The molecule has 0 radical (unpaired) electrons. The number of carboxylic acid groups (broad SMARTS) is 1. The van der Waals surface area contributed by atoms with Gasteiger partial charge in [-0.25, -0.2) is 9.48 Å². The molecule has 1 heterocycles. The van der Waals surface area contributed by atoms with Crippen LogP contribution in [0.2, 0.25) is 0 Å². The number of carboxylic acids is 1. The van der Waals surface area contributed by atoms with Crippen LogP contribution in [0.1, 0.15) is 17.4 Å². The van der Waals surface area contributed by atoms with Crippen molar-refractivity contribution < 1.29 is 19.4 Å². The number of amides is 1. The number of carbonyl (C=O) groups excluding carboxylic acids is 1. The molecule has 18 heavy (non-hydrogen) atoms. The van der Waals surface area contributed by atoms with Gasteiger partial charge in [0.15, 0.2) is 5.69 Å². The quantitative estimate of drug-likeness (QED) is 0.659. The van der Waals surface area contributed by atoms with E-state index in [1.165, 1.54) is 15.8 Å². The van der Waals surface area contributed by atoms with Gasteiger partial charge in [0.1, 0.15) is 6.54 Å². The largest absolute Gasteiger partial charge is 0.476 e. The molecule has 1 N–H and O–H groups in total. The van der Waals surface area contributed by atoms with Crippen LogP contribution in [-0.2, 0) is 16.1 Å². The van der Waals surface area contributed by atoms with Gasteiger partial charge in [0.2, 0.25) is 5.91 Å². The molecular formula is C10H16N4O4. The van der Waals surface area contributed by atoms with Crippen molar-refractivity contribution in [1.82, 2.24) is 19.9 Å². The molecule has 0 aliphatic heterocycles. The molecule has 0 aliphatic rings. The van der Waals surface area contributed by atoms with Crippen LogP contribution in [0, 0.1) is 0 Å². The Hall–Kier alpha value is -1.96. The van der Waals surface area contributed by atoms with E-state index >= 15 is 0 Å². The van der Waals surface area contributed by atoms with E-state index in [4.69, 9.17) is 9.84 Å². The number of hydrogen-bond donors (Lipinski definition) is 1. The van der Waals surface area contributed by atoms with Gasteiger partial charge in [0.05, 0.1) is 12.8 Å². The minimum Gasteiger partial charge on any atom is -0.476 e. The van der Waals surface area contributed by atoms with Gasteiger partial charge < -0.3 is 14.7 Å². The zero-order chi connectivity index (χ0) is 13.5. The molecule has 1 amide bonds. The van der Waals surface area contributed by atoms with Crippen LogP contribution in [0.3, 0.4) is 0 Å². The lowest BCUT2D eigenvalue weighted by atomic mass is 10.4. The van der Waals surface area contributed by atoms with Gasteiger partial charge >= 0.3 is 5.97 Å². The van der Waals surface area contributed by atoms with E-state index in [1.54, 1.807) is 7.05 Å². The molecule has 0 fully saturated rings. The van der Waals surface area contributed by atoms with E-state index in [0.29, 0.717) is 19.8 Å². The molecule has 0 spiro atoms. The van der Waals surface area contributed by atoms with Gasteiger partial charge in [-0.05, 0) is 6.92 Å². The van der Waals surface area contributed by atoms with Crippen molar-refractivity contribution in [2.75, 3.05) is 26.8 Å². The minimum absolute atomic E-state index is 0.0388. The number of carbonyl (C=O) groups is 2. The summed E-state index contributed by atoms with van der Waals surface area (Å²) in [5.41, 5.74) is -0.181. The summed E-state index contributed by atoms with van der Waals surface area (Å²) in [4.78, 5) is 23.8. The third-order valence-electron chi connectivity index (χ3n) is 2.26. The number of rotatable bonds is 7. The topological polar surface area (TPSA) is 97.5 Å². The standard InChI is InChI=1S/C10H16N4O4/c1-3-18-5-4-13(2)9(15)7-14-6-8(10(16)17)11-12-14/h6H,3-5,7H2,1-2H3,(H,16,17). The second kappa shape index (κ2) is 6.70. The summed E-state index contributed by atoms with van der Waals surface area (Å²) in [5, 5.41) is 15.6. The summed E-state index contributed by atoms with van der Waals surface area (Å²) in [6.45, 7) is 3.39. The van der Waals surface area contributed by atoms with Gasteiger partial charge in [0.25, 0.3) is 0 Å². The van der Waals surface area contributed by atoms with Crippen LogP contribution >= 0.6 is 0 Å². The van der Waals surface area contributed by atoms with Crippen molar-refractivity contribution in [2.24, 2.45) is 0 Å². The number of aromatic carboxylic acids is 1. The summed E-state index contributed by atoms with van der Waals surface area (Å²) >= 11 is 0. The third kappa shape index (κ3) is 4.13. The maximum absolute atomic E-state index is 11.7. The lowest BCUT2D eigenvalue weighted by Crippen LogP contribution is -2.33. The first-order valence-corrected chi connectivity index (χ1v) is 5.49. The molecule has 8 heteroatoms. The molecule has 1 rings (SSSR count). The maximum atomic E-state index is 11.7. The first-order valence-electron chi connectivity index (χ1n) is 5.49. The molecular weight excluding hydrogens is 240 g/mol. The lowest BCUT2D eigenvalue weighted by Gasteiger charge is -2.16. The molecule has 0 saturated heterocycles. The summed E-state index contributed by atoms with van der Waals surface area (Å²) in [6, 6.07) is 0.